The lowest BCUT2D eigenvalue weighted by atomic mass is 9.70. The summed E-state index contributed by atoms with van der Waals surface area (Å²) < 4.78 is 24.6. The van der Waals surface area contributed by atoms with Gasteiger partial charge in [-0.15, -0.1) is 0 Å². The Balaban J connectivity index is 2.05. The van der Waals surface area contributed by atoms with Gasteiger partial charge < -0.3 is 9.47 Å². The van der Waals surface area contributed by atoms with Crippen molar-refractivity contribution in [1.29, 1.82) is 0 Å². The quantitative estimate of drug-likeness (QED) is 0.590. The molecular formula is C23H33FO4. The molecule has 28 heavy (non-hydrogen) atoms. The summed E-state index contributed by atoms with van der Waals surface area (Å²) in [5.41, 5.74) is 1.33. The van der Waals surface area contributed by atoms with Crippen LogP contribution in [0.2, 0.25) is 0 Å². The summed E-state index contributed by atoms with van der Waals surface area (Å²) in [5.74, 6) is -1.19. The molecule has 156 valence electrons. The topological polar surface area (TPSA) is 52.6 Å². The SMILES string of the molecule is Cc1cc(F)ccc1[C@@H](C1CCC1)[C@H](C)OC(=O)[C@H](C)CC(=O)OC(C)(C)C. The first-order chi connectivity index (χ1) is 13.0. The molecule has 1 aliphatic carbocycles. The third kappa shape index (κ3) is 6.05. The highest BCUT2D eigenvalue weighted by molar-refractivity contribution is 5.80. The molecule has 0 aliphatic heterocycles. The molecule has 0 amide bonds. The third-order valence-corrected chi connectivity index (χ3v) is 5.35. The molecule has 1 aromatic carbocycles. The zero-order valence-corrected chi connectivity index (χ0v) is 17.9. The molecule has 1 aliphatic rings. The van der Waals surface area contributed by atoms with Crippen molar-refractivity contribution < 1.29 is 23.5 Å². The summed E-state index contributed by atoms with van der Waals surface area (Å²) in [6.07, 6.45) is 2.97. The van der Waals surface area contributed by atoms with Gasteiger partial charge >= 0.3 is 11.9 Å². The second-order valence-electron chi connectivity index (χ2n) is 9.05. The van der Waals surface area contributed by atoms with E-state index >= 15 is 0 Å². The average Bonchev–Trinajstić information content (AvgIpc) is 2.49. The van der Waals surface area contributed by atoms with Crippen molar-refractivity contribution in [2.24, 2.45) is 11.8 Å². The van der Waals surface area contributed by atoms with E-state index < -0.39 is 23.5 Å². The Kier molecular flexibility index (Phi) is 7.24. The fourth-order valence-corrected chi connectivity index (χ4v) is 3.79. The summed E-state index contributed by atoms with van der Waals surface area (Å²) in [5, 5.41) is 0. The van der Waals surface area contributed by atoms with Crippen LogP contribution in [0, 0.1) is 24.6 Å². The molecule has 0 unspecified atom stereocenters. The number of hydrogen-bond acceptors (Lipinski definition) is 4. The summed E-state index contributed by atoms with van der Waals surface area (Å²) in [4.78, 5) is 24.6. The molecule has 0 N–H and O–H groups in total. The average molecular weight is 393 g/mol. The Labute approximate surface area is 167 Å². The molecule has 0 radical (unpaired) electrons. The number of benzene rings is 1. The van der Waals surface area contributed by atoms with Crippen molar-refractivity contribution in [3.63, 3.8) is 0 Å². The van der Waals surface area contributed by atoms with Gasteiger partial charge in [-0.1, -0.05) is 19.4 Å². The minimum absolute atomic E-state index is 0.00745. The zero-order valence-electron chi connectivity index (χ0n) is 17.9. The van der Waals surface area contributed by atoms with E-state index in [4.69, 9.17) is 9.47 Å². The van der Waals surface area contributed by atoms with Gasteiger partial charge in [-0.3, -0.25) is 9.59 Å². The molecule has 0 heterocycles. The molecule has 1 aromatic rings. The van der Waals surface area contributed by atoms with Crippen molar-refractivity contribution in [3.8, 4) is 0 Å². The van der Waals surface area contributed by atoms with Crippen LogP contribution < -0.4 is 0 Å². The molecule has 0 bridgehead atoms. The van der Waals surface area contributed by atoms with Crippen molar-refractivity contribution >= 4 is 11.9 Å². The highest BCUT2D eigenvalue weighted by Gasteiger charge is 2.36. The van der Waals surface area contributed by atoms with E-state index in [2.05, 4.69) is 0 Å². The normalized spacial score (nSPS) is 18.0. The van der Waals surface area contributed by atoms with Crippen LogP contribution in [0.15, 0.2) is 18.2 Å². The third-order valence-electron chi connectivity index (χ3n) is 5.35. The van der Waals surface area contributed by atoms with Gasteiger partial charge in [0, 0.05) is 5.92 Å². The minimum Gasteiger partial charge on any atom is -0.462 e. The molecule has 0 aromatic heterocycles. The molecule has 2 rings (SSSR count). The van der Waals surface area contributed by atoms with Crippen LogP contribution in [-0.4, -0.2) is 23.6 Å². The van der Waals surface area contributed by atoms with Gasteiger partial charge in [-0.2, -0.15) is 0 Å². The van der Waals surface area contributed by atoms with E-state index in [0.717, 1.165) is 30.4 Å². The van der Waals surface area contributed by atoms with E-state index in [1.54, 1.807) is 27.7 Å². The highest BCUT2D eigenvalue weighted by atomic mass is 19.1. The van der Waals surface area contributed by atoms with Gasteiger partial charge in [-0.05, 0) is 76.6 Å². The number of ether oxygens (including phenoxy) is 2. The molecule has 4 nitrogen and oxygen atoms in total. The van der Waals surface area contributed by atoms with E-state index in [1.165, 1.54) is 12.1 Å². The molecule has 1 saturated carbocycles. The number of carbonyl (C=O) groups excluding carboxylic acids is 2. The number of esters is 2. The molecule has 0 spiro atoms. The number of rotatable bonds is 7. The first-order valence-electron chi connectivity index (χ1n) is 10.2. The van der Waals surface area contributed by atoms with Gasteiger partial charge in [0.05, 0.1) is 12.3 Å². The van der Waals surface area contributed by atoms with Crippen LogP contribution >= 0.6 is 0 Å². The maximum Gasteiger partial charge on any atom is 0.309 e. The monoisotopic (exact) mass is 392 g/mol. The summed E-state index contributed by atoms with van der Waals surface area (Å²) >= 11 is 0. The summed E-state index contributed by atoms with van der Waals surface area (Å²) in [7, 11) is 0. The first-order valence-corrected chi connectivity index (χ1v) is 10.2. The van der Waals surface area contributed by atoms with Gasteiger partial charge in [0.25, 0.3) is 0 Å². The standard InChI is InChI=1S/C23H33FO4/c1-14-12-18(24)10-11-19(14)21(17-8-7-9-17)16(3)27-22(26)15(2)13-20(25)28-23(4,5)6/h10-12,15-17,21H,7-9,13H2,1-6H3/t15-,16+,21-/m1/s1. The van der Waals surface area contributed by atoms with Crippen molar-refractivity contribution in [1.82, 2.24) is 0 Å². The number of aryl methyl sites for hydroxylation is 1. The van der Waals surface area contributed by atoms with Crippen LogP contribution in [0.3, 0.4) is 0 Å². The Morgan fingerprint density at radius 3 is 2.36 bits per heavy atom. The smallest absolute Gasteiger partial charge is 0.309 e. The van der Waals surface area contributed by atoms with Crippen LogP contribution in [0.1, 0.15) is 77.3 Å². The minimum atomic E-state index is -0.580. The molecule has 3 atom stereocenters. The zero-order chi connectivity index (χ0) is 21.1. The van der Waals surface area contributed by atoms with Crippen LogP contribution in [0.25, 0.3) is 0 Å². The molecule has 1 fully saturated rings. The molecule has 0 saturated heterocycles. The van der Waals surface area contributed by atoms with Gasteiger partial charge in [-0.25, -0.2) is 4.39 Å². The Bertz CT molecular complexity index is 703. The fourth-order valence-electron chi connectivity index (χ4n) is 3.79. The van der Waals surface area contributed by atoms with Crippen LogP contribution in [0.5, 0.6) is 0 Å². The van der Waals surface area contributed by atoms with Gasteiger partial charge in [0.2, 0.25) is 0 Å². The lowest BCUT2D eigenvalue weighted by Gasteiger charge is -2.38. The highest BCUT2D eigenvalue weighted by Crippen LogP contribution is 2.43. The largest absolute Gasteiger partial charge is 0.462 e. The second-order valence-corrected chi connectivity index (χ2v) is 9.05. The van der Waals surface area contributed by atoms with Crippen molar-refractivity contribution in [2.75, 3.05) is 0 Å². The lowest BCUT2D eigenvalue weighted by Crippen LogP contribution is -2.34. The predicted octanol–water partition coefficient (Wildman–Crippen LogP) is 5.32. The van der Waals surface area contributed by atoms with E-state index in [-0.39, 0.29) is 24.3 Å². The van der Waals surface area contributed by atoms with Gasteiger partial charge in [0.1, 0.15) is 17.5 Å². The predicted molar refractivity (Wildman–Crippen MR) is 106 cm³/mol. The summed E-state index contributed by atoms with van der Waals surface area (Å²) in [6.45, 7) is 10.9. The molecule has 5 heteroatoms. The summed E-state index contributed by atoms with van der Waals surface area (Å²) in [6, 6.07) is 4.80. The van der Waals surface area contributed by atoms with E-state index in [1.807, 2.05) is 19.9 Å². The van der Waals surface area contributed by atoms with E-state index in [9.17, 15) is 14.0 Å². The molecular weight excluding hydrogens is 359 g/mol. The second kappa shape index (κ2) is 9.06. The number of halogens is 1. The fraction of sp³-hybridized carbons (Fsp3) is 0.652. The Morgan fingerprint density at radius 2 is 1.86 bits per heavy atom. The van der Waals surface area contributed by atoms with Crippen molar-refractivity contribution in [2.45, 2.75) is 84.8 Å². The maximum atomic E-state index is 13.5. The van der Waals surface area contributed by atoms with Gasteiger partial charge in [0.15, 0.2) is 0 Å². The lowest BCUT2D eigenvalue weighted by molar-refractivity contribution is -0.164. The van der Waals surface area contributed by atoms with Crippen LogP contribution in [0.4, 0.5) is 4.39 Å². The Morgan fingerprint density at radius 1 is 1.21 bits per heavy atom. The number of carbonyl (C=O) groups is 2. The first kappa shape index (κ1) is 22.4. The van der Waals surface area contributed by atoms with Crippen molar-refractivity contribution in [3.05, 3.63) is 35.1 Å². The number of hydrogen-bond donors (Lipinski definition) is 0. The van der Waals surface area contributed by atoms with E-state index in [0.29, 0.717) is 5.92 Å². The maximum absolute atomic E-state index is 13.5. The van der Waals surface area contributed by atoms with Crippen LogP contribution in [-0.2, 0) is 19.1 Å². The Hall–Kier alpha value is -1.91.